The average Bonchev–Trinajstić information content (AvgIpc) is 2.57. The van der Waals surface area contributed by atoms with Gasteiger partial charge in [-0.05, 0) is 25.4 Å². The van der Waals surface area contributed by atoms with Crippen molar-refractivity contribution in [3.8, 4) is 0 Å². The molecule has 1 aromatic heterocycles. The lowest BCUT2D eigenvalue weighted by molar-refractivity contribution is -0.132. The maximum Gasteiger partial charge on any atom is 0.264 e. The van der Waals surface area contributed by atoms with Crippen molar-refractivity contribution >= 4 is 28.2 Å². The van der Waals surface area contributed by atoms with Crippen molar-refractivity contribution in [3.63, 3.8) is 0 Å². The predicted molar refractivity (Wildman–Crippen MR) is 78.1 cm³/mol. The van der Waals surface area contributed by atoms with E-state index in [2.05, 4.69) is 4.98 Å². The van der Waals surface area contributed by atoms with Gasteiger partial charge in [0.15, 0.2) is 5.78 Å². The first kappa shape index (κ1) is 7.49. The summed E-state index contributed by atoms with van der Waals surface area (Å²) in [6, 6.07) is -2.32. The quantitative estimate of drug-likeness (QED) is 0.628. The Morgan fingerprint density at radius 1 is 1.52 bits per heavy atom. The van der Waals surface area contributed by atoms with Crippen LogP contribution in [-0.4, -0.2) is 21.1 Å². The molecule has 0 spiro atoms. The minimum atomic E-state index is -2.63. The number of nitrogen functional groups attached to an aromatic ring is 1. The zero-order valence-corrected chi connectivity index (χ0v) is 10.8. The Kier molecular flexibility index (Phi) is 1.71. The molecule has 21 heavy (non-hydrogen) atoms. The maximum absolute atomic E-state index is 13.2. The van der Waals surface area contributed by atoms with Crippen LogP contribution in [-0.2, 0) is 9.59 Å². The Labute approximate surface area is 130 Å². The zero-order chi connectivity index (χ0) is 21.2. The van der Waals surface area contributed by atoms with Crippen molar-refractivity contribution < 1.29 is 19.2 Å². The third-order valence-corrected chi connectivity index (χ3v) is 3.18. The van der Waals surface area contributed by atoms with E-state index in [-0.39, 0.29) is 23.3 Å². The van der Waals surface area contributed by atoms with Crippen molar-refractivity contribution in [1.29, 1.82) is 0 Å². The molecule has 3 rings (SSSR count). The van der Waals surface area contributed by atoms with Crippen LogP contribution in [0.1, 0.15) is 40.7 Å². The molecule has 6 nitrogen and oxygen atoms in total. The first-order chi connectivity index (χ1) is 12.8. The SMILES string of the molecule is [2H]c1cc([2H])c2nc(C([2H])[2H])n(C3([2H])CC([2H])([2H])C(=O)CC3=O)c(=O)c2c1N. The van der Waals surface area contributed by atoms with Crippen molar-refractivity contribution in [2.24, 2.45) is 0 Å². The Bertz CT molecular complexity index is 1100. The topological polar surface area (TPSA) is 95.0 Å². The first-order valence-corrected chi connectivity index (χ1v) is 6.05. The number of aryl methyl sites for hydroxylation is 1. The molecular weight excluding hydrogens is 270 g/mol. The van der Waals surface area contributed by atoms with Crippen LogP contribution in [0.5, 0.6) is 0 Å². The van der Waals surface area contributed by atoms with Gasteiger partial charge in [0.1, 0.15) is 11.6 Å². The van der Waals surface area contributed by atoms with Gasteiger partial charge in [-0.15, -0.1) is 0 Å². The number of carbonyl (C=O) groups excluding carboxylic acids is 2. The molecule has 1 heterocycles. The number of rotatable bonds is 1. The molecule has 1 aliphatic carbocycles. The Morgan fingerprint density at radius 3 is 3.10 bits per heavy atom. The molecule has 0 amide bonds. The van der Waals surface area contributed by atoms with Crippen LogP contribution in [0.15, 0.2) is 22.9 Å². The van der Waals surface area contributed by atoms with Crippen LogP contribution in [0.2, 0.25) is 0 Å². The molecule has 6 heteroatoms. The third-order valence-electron chi connectivity index (χ3n) is 3.18. The van der Waals surface area contributed by atoms with E-state index in [0.29, 0.717) is 4.57 Å². The summed E-state index contributed by atoms with van der Waals surface area (Å²) in [4.78, 5) is 41.4. The summed E-state index contributed by atoms with van der Waals surface area (Å²) in [7, 11) is 0. The number of nitrogens with two attached hydrogens (primary N) is 1. The second kappa shape index (κ2) is 4.80. The van der Waals surface area contributed by atoms with E-state index in [9.17, 15) is 14.4 Å². The highest BCUT2D eigenvalue weighted by Crippen LogP contribution is 2.24. The smallest absolute Gasteiger partial charge is 0.264 e. The fourth-order valence-electron chi connectivity index (χ4n) is 2.20. The molecule has 0 radical (unpaired) electrons. The van der Waals surface area contributed by atoms with Gasteiger partial charge >= 0.3 is 0 Å². The molecule has 108 valence electrons. The van der Waals surface area contributed by atoms with Gasteiger partial charge in [-0.3, -0.25) is 19.0 Å². The Balaban J connectivity index is 2.47. The fraction of sp³-hybridized carbons (Fsp3) is 0.333. The Hall–Kier alpha value is -2.50. The van der Waals surface area contributed by atoms with Crippen LogP contribution < -0.4 is 11.3 Å². The molecule has 1 atom stereocenters. The molecule has 1 fully saturated rings. The molecule has 1 saturated carbocycles. The van der Waals surface area contributed by atoms with Crippen LogP contribution in [0.25, 0.3) is 10.9 Å². The van der Waals surface area contributed by atoms with E-state index in [4.69, 9.17) is 15.3 Å². The number of Topliss-reactive ketones (excluding diaryl/α,β-unsaturated/α-hetero) is 2. The number of hydrogen-bond acceptors (Lipinski definition) is 5. The summed E-state index contributed by atoms with van der Waals surface area (Å²) in [5.74, 6) is -2.76. The molecule has 1 aromatic carbocycles. The normalized spacial score (nSPS) is 30.0. The zero-order valence-electron chi connectivity index (χ0n) is 17.8. The van der Waals surface area contributed by atoms with Crippen molar-refractivity contribution in [1.82, 2.24) is 9.55 Å². The van der Waals surface area contributed by atoms with Crippen LogP contribution in [0.3, 0.4) is 0 Å². The number of anilines is 1. The summed E-state index contributed by atoms with van der Waals surface area (Å²) in [5.41, 5.74) is 3.98. The fourth-order valence-corrected chi connectivity index (χ4v) is 2.20. The molecule has 1 unspecified atom stereocenters. The van der Waals surface area contributed by atoms with Gasteiger partial charge in [0, 0.05) is 17.5 Å². The highest BCUT2D eigenvalue weighted by atomic mass is 16.2. The van der Waals surface area contributed by atoms with Gasteiger partial charge in [0.05, 0.1) is 27.5 Å². The number of hydrogen-bond donors (Lipinski definition) is 1. The van der Waals surface area contributed by atoms with E-state index in [1.165, 1.54) is 0 Å². The minimum Gasteiger partial charge on any atom is -0.398 e. The number of fused-ring (bicyclic) bond motifs is 1. The summed E-state index contributed by atoms with van der Waals surface area (Å²) < 4.78 is 55.5. The van der Waals surface area contributed by atoms with Gasteiger partial charge in [-0.1, -0.05) is 6.07 Å². The molecule has 2 N–H and O–H groups in total. The van der Waals surface area contributed by atoms with Crippen molar-refractivity contribution in [3.05, 3.63) is 34.3 Å². The summed E-state index contributed by atoms with van der Waals surface area (Å²) in [5, 5.41) is -0.432. The van der Waals surface area contributed by atoms with E-state index in [1.54, 1.807) is 0 Å². The minimum absolute atomic E-state index is 0.291. The van der Waals surface area contributed by atoms with E-state index in [1.807, 2.05) is 0 Å². The lowest BCUT2D eigenvalue weighted by atomic mass is 9.92. The maximum atomic E-state index is 13.2. The van der Waals surface area contributed by atoms with Gasteiger partial charge in [-0.2, -0.15) is 0 Å². The second-order valence-electron chi connectivity index (χ2n) is 4.50. The highest BCUT2D eigenvalue weighted by molar-refractivity contribution is 6.03. The summed E-state index contributed by atoms with van der Waals surface area (Å²) in [6.45, 7) is -1.95. The highest BCUT2D eigenvalue weighted by Gasteiger charge is 2.30. The number of benzene rings is 1. The van der Waals surface area contributed by atoms with Crippen LogP contribution >= 0.6 is 0 Å². The van der Waals surface area contributed by atoms with Crippen LogP contribution in [0, 0.1) is 6.88 Å². The summed E-state index contributed by atoms with van der Waals surface area (Å²) in [6.07, 6.45) is -4.51. The molecule has 0 saturated heterocycles. The van der Waals surface area contributed by atoms with Gasteiger partial charge in [0.2, 0.25) is 0 Å². The second-order valence-corrected chi connectivity index (χ2v) is 4.50. The monoisotopic (exact) mass is 292 g/mol. The van der Waals surface area contributed by atoms with Gasteiger partial charge in [-0.25, -0.2) is 4.98 Å². The van der Waals surface area contributed by atoms with Crippen molar-refractivity contribution in [2.75, 3.05) is 5.73 Å². The third kappa shape index (κ3) is 2.12. The lowest BCUT2D eigenvalue weighted by Crippen LogP contribution is -2.36. The van der Waals surface area contributed by atoms with Gasteiger partial charge < -0.3 is 5.73 Å². The van der Waals surface area contributed by atoms with E-state index in [0.717, 1.165) is 6.07 Å². The average molecular weight is 292 g/mol. The Morgan fingerprint density at radius 2 is 2.33 bits per heavy atom. The number of nitrogens with zero attached hydrogens (tertiary/aromatic N) is 2. The summed E-state index contributed by atoms with van der Waals surface area (Å²) >= 11 is 0. The van der Waals surface area contributed by atoms with E-state index < -0.39 is 60.4 Å². The van der Waals surface area contributed by atoms with E-state index >= 15 is 0 Å². The molecular formula is C15H15N3O3. The largest absolute Gasteiger partial charge is 0.398 e. The van der Waals surface area contributed by atoms with Crippen molar-refractivity contribution in [2.45, 2.75) is 32.1 Å². The van der Waals surface area contributed by atoms with Crippen LogP contribution in [0.4, 0.5) is 5.69 Å². The lowest BCUT2D eigenvalue weighted by Gasteiger charge is -2.24. The molecule has 0 aliphatic heterocycles. The number of aromatic nitrogens is 2. The number of ketones is 2. The number of carbonyl (C=O) groups is 2. The first-order valence-electron chi connectivity index (χ1n) is 9.70. The predicted octanol–water partition coefficient (Wildman–Crippen LogP) is 1.15. The van der Waals surface area contributed by atoms with Gasteiger partial charge in [0.25, 0.3) is 5.56 Å². The standard InChI is InChI=1S/C15H15N3O3/c1-8-17-11-4-2-3-10(16)14(11)15(21)18(8)12-6-5-9(19)7-13(12)20/h2-4,12H,5-7,16H2,1H3/i1D2,3D,4D,5D2,12D. The molecule has 2 aromatic rings. The molecule has 0 bridgehead atoms. The molecule has 1 aliphatic rings.